The number of hydrogen-bond donors (Lipinski definition) is 1. The molecule has 1 amide bonds. The Morgan fingerprint density at radius 3 is 2.39 bits per heavy atom. The summed E-state index contributed by atoms with van der Waals surface area (Å²) < 4.78 is 27.4. The number of nitrogens with zero attached hydrogens (tertiary/aromatic N) is 1. The third kappa shape index (κ3) is 4.36. The molecule has 0 aromatic heterocycles. The number of amides is 1. The predicted octanol–water partition coefficient (Wildman–Crippen LogP) is 4.85. The van der Waals surface area contributed by atoms with Gasteiger partial charge in [-0.05, 0) is 60.5 Å². The number of rotatable bonds is 8. The fourth-order valence-electron chi connectivity index (χ4n) is 4.56. The lowest BCUT2D eigenvalue weighted by Gasteiger charge is -2.26. The maximum Gasteiger partial charge on any atom is 0.300 e. The molecule has 196 valence electrons. The van der Waals surface area contributed by atoms with E-state index >= 15 is 0 Å². The van der Waals surface area contributed by atoms with Gasteiger partial charge in [-0.25, -0.2) is 0 Å². The molecular formula is C29H27NO8. The van der Waals surface area contributed by atoms with Crippen molar-refractivity contribution >= 4 is 23.1 Å². The maximum absolute atomic E-state index is 13.5. The Labute approximate surface area is 219 Å². The van der Waals surface area contributed by atoms with Crippen LogP contribution in [0.15, 0.2) is 66.2 Å². The number of anilines is 1. The molecule has 0 radical (unpaired) electrons. The molecule has 1 unspecified atom stereocenters. The lowest BCUT2D eigenvalue weighted by Crippen LogP contribution is -2.29. The quantitative estimate of drug-likeness (QED) is 0.257. The van der Waals surface area contributed by atoms with Crippen LogP contribution in [0.2, 0.25) is 0 Å². The minimum atomic E-state index is -0.953. The second-order valence-corrected chi connectivity index (χ2v) is 8.69. The summed E-state index contributed by atoms with van der Waals surface area (Å²) in [5.41, 5.74) is 1.28. The number of carbonyl (C=O) groups is 2. The number of carbonyl (C=O) groups excluding carboxylic acids is 2. The predicted molar refractivity (Wildman–Crippen MR) is 139 cm³/mol. The van der Waals surface area contributed by atoms with Gasteiger partial charge in [-0.1, -0.05) is 13.0 Å². The first-order valence-corrected chi connectivity index (χ1v) is 12.1. The molecule has 0 bridgehead atoms. The maximum atomic E-state index is 13.5. The number of ether oxygens (including phenoxy) is 5. The van der Waals surface area contributed by atoms with Gasteiger partial charge in [-0.15, -0.1) is 0 Å². The van der Waals surface area contributed by atoms with Gasteiger partial charge in [-0.2, -0.15) is 0 Å². The van der Waals surface area contributed by atoms with Crippen molar-refractivity contribution < 1.29 is 38.4 Å². The van der Waals surface area contributed by atoms with Crippen molar-refractivity contribution in [3.63, 3.8) is 0 Å². The van der Waals surface area contributed by atoms with Crippen molar-refractivity contribution in [1.29, 1.82) is 0 Å². The number of aliphatic hydroxyl groups is 1. The van der Waals surface area contributed by atoms with E-state index in [2.05, 4.69) is 0 Å². The van der Waals surface area contributed by atoms with Gasteiger partial charge >= 0.3 is 0 Å². The molecule has 0 aliphatic carbocycles. The Bertz CT molecular complexity index is 1410. The zero-order chi connectivity index (χ0) is 26.8. The van der Waals surface area contributed by atoms with E-state index in [-0.39, 0.29) is 18.1 Å². The fraction of sp³-hybridized carbons (Fsp3) is 0.241. The standard InChI is InChI=1S/C29H27NO8/c1-4-13-36-20-9-5-17(6-10-20)27(31)25-26(18-7-11-21(34-2)23(14-18)35-3)30(29(33)28(25)32)19-8-12-22-24(15-19)38-16-37-22/h5-12,14-15,26,31H,4,13,16H2,1-3H3/b27-25+. The molecule has 1 saturated heterocycles. The van der Waals surface area contributed by atoms with Crippen LogP contribution >= 0.6 is 0 Å². The van der Waals surface area contributed by atoms with E-state index in [0.29, 0.717) is 52.2 Å². The van der Waals surface area contributed by atoms with Gasteiger partial charge in [-0.3, -0.25) is 14.5 Å². The molecule has 38 heavy (non-hydrogen) atoms. The Hall–Kier alpha value is -4.66. The van der Waals surface area contributed by atoms with Crippen LogP contribution in [0.25, 0.3) is 5.76 Å². The summed E-state index contributed by atoms with van der Waals surface area (Å²) in [7, 11) is 3.02. The number of methoxy groups -OCH3 is 2. The van der Waals surface area contributed by atoms with Gasteiger partial charge in [0.25, 0.3) is 11.7 Å². The highest BCUT2D eigenvalue weighted by atomic mass is 16.7. The Kier molecular flexibility index (Phi) is 6.83. The molecule has 2 aliphatic rings. The molecule has 1 N–H and O–H groups in total. The lowest BCUT2D eigenvalue weighted by molar-refractivity contribution is -0.132. The SMILES string of the molecule is CCCOc1ccc(/C(O)=C2\C(=O)C(=O)N(c3ccc4c(c3)OCO4)C2c2ccc(OC)c(OC)c2)cc1. The molecule has 2 aliphatic heterocycles. The smallest absolute Gasteiger partial charge is 0.300 e. The molecule has 9 nitrogen and oxygen atoms in total. The molecular weight excluding hydrogens is 490 g/mol. The fourth-order valence-corrected chi connectivity index (χ4v) is 4.56. The molecule has 9 heteroatoms. The van der Waals surface area contributed by atoms with Crippen LogP contribution in [0.3, 0.4) is 0 Å². The first-order chi connectivity index (χ1) is 18.5. The summed E-state index contributed by atoms with van der Waals surface area (Å²) in [6.07, 6.45) is 0.858. The number of aliphatic hydroxyl groups excluding tert-OH is 1. The number of Topliss-reactive ketones (excluding diaryl/α,β-unsaturated/α-hetero) is 1. The van der Waals surface area contributed by atoms with E-state index in [1.165, 1.54) is 19.1 Å². The first-order valence-electron chi connectivity index (χ1n) is 12.1. The van der Waals surface area contributed by atoms with Crippen LogP contribution in [-0.2, 0) is 9.59 Å². The van der Waals surface area contributed by atoms with E-state index in [0.717, 1.165) is 6.42 Å². The molecule has 0 spiro atoms. The molecule has 5 rings (SSSR count). The number of hydrogen-bond acceptors (Lipinski definition) is 8. The molecule has 0 saturated carbocycles. The summed E-state index contributed by atoms with van der Waals surface area (Å²) in [6, 6.07) is 15.9. The molecule has 3 aromatic carbocycles. The van der Waals surface area contributed by atoms with Crippen molar-refractivity contribution in [3.05, 3.63) is 77.4 Å². The Morgan fingerprint density at radius 2 is 1.68 bits per heavy atom. The second-order valence-electron chi connectivity index (χ2n) is 8.69. The number of benzene rings is 3. The topological polar surface area (TPSA) is 104 Å². The first kappa shape index (κ1) is 25.0. The zero-order valence-electron chi connectivity index (χ0n) is 21.2. The van der Waals surface area contributed by atoms with E-state index in [1.807, 2.05) is 6.92 Å². The van der Waals surface area contributed by atoms with E-state index in [1.54, 1.807) is 60.7 Å². The van der Waals surface area contributed by atoms with Crippen molar-refractivity contribution in [3.8, 4) is 28.7 Å². The zero-order valence-corrected chi connectivity index (χ0v) is 21.2. The minimum absolute atomic E-state index is 0.0536. The average molecular weight is 518 g/mol. The van der Waals surface area contributed by atoms with E-state index in [9.17, 15) is 14.7 Å². The number of fused-ring (bicyclic) bond motifs is 1. The summed E-state index contributed by atoms with van der Waals surface area (Å²) in [4.78, 5) is 28.3. The normalized spacial score (nSPS) is 17.6. The summed E-state index contributed by atoms with van der Waals surface area (Å²) in [5, 5.41) is 11.4. The average Bonchev–Trinajstić information content (AvgIpc) is 3.53. The van der Waals surface area contributed by atoms with Gasteiger partial charge < -0.3 is 28.8 Å². The van der Waals surface area contributed by atoms with Crippen molar-refractivity contribution in [1.82, 2.24) is 0 Å². The van der Waals surface area contributed by atoms with Crippen molar-refractivity contribution in [2.45, 2.75) is 19.4 Å². The largest absolute Gasteiger partial charge is 0.507 e. The Morgan fingerprint density at radius 1 is 0.947 bits per heavy atom. The van der Waals surface area contributed by atoms with Crippen molar-refractivity contribution in [2.24, 2.45) is 0 Å². The highest BCUT2D eigenvalue weighted by Gasteiger charge is 2.47. The van der Waals surface area contributed by atoms with Crippen LogP contribution in [-0.4, -0.2) is 44.4 Å². The van der Waals surface area contributed by atoms with Gasteiger partial charge in [0.15, 0.2) is 23.0 Å². The van der Waals surface area contributed by atoms with Crippen LogP contribution in [0, 0.1) is 0 Å². The second kappa shape index (κ2) is 10.4. The lowest BCUT2D eigenvalue weighted by atomic mass is 9.94. The third-order valence-electron chi connectivity index (χ3n) is 6.40. The van der Waals surface area contributed by atoms with Crippen LogP contribution in [0.1, 0.15) is 30.5 Å². The third-order valence-corrected chi connectivity index (χ3v) is 6.40. The molecule has 3 aromatic rings. The molecule has 1 atom stereocenters. The number of ketones is 1. The summed E-state index contributed by atoms with van der Waals surface area (Å²) >= 11 is 0. The van der Waals surface area contributed by atoms with Gasteiger partial charge in [0.2, 0.25) is 6.79 Å². The van der Waals surface area contributed by atoms with Gasteiger partial charge in [0, 0.05) is 17.3 Å². The summed E-state index contributed by atoms with van der Waals surface area (Å²) in [6.45, 7) is 2.63. The van der Waals surface area contributed by atoms with E-state index < -0.39 is 17.7 Å². The van der Waals surface area contributed by atoms with E-state index in [4.69, 9.17) is 23.7 Å². The van der Waals surface area contributed by atoms with Crippen LogP contribution in [0.5, 0.6) is 28.7 Å². The van der Waals surface area contributed by atoms with Crippen molar-refractivity contribution in [2.75, 3.05) is 32.5 Å². The van der Waals surface area contributed by atoms with Crippen LogP contribution in [0.4, 0.5) is 5.69 Å². The molecule has 2 heterocycles. The monoisotopic (exact) mass is 517 g/mol. The summed E-state index contributed by atoms with van der Waals surface area (Å²) in [5.74, 6) is 0.641. The van der Waals surface area contributed by atoms with Gasteiger partial charge in [0.1, 0.15) is 11.5 Å². The Balaban J connectivity index is 1.65. The highest BCUT2D eigenvalue weighted by molar-refractivity contribution is 6.51. The van der Waals surface area contributed by atoms with Gasteiger partial charge in [0.05, 0.1) is 32.4 Å². The highest BCUT2D eigenvalue weighted by Crippen LogP contribution is 2.46. The molecule has 1 fully saturated rings. The minimum Gasteiger partial charge on any atom is -0.507 e. The van der Waals surface area contributed by atoms with Crippen LogP contribution < -0.4 is 28.6 Å².